The molecular weight excluding hydrogens is 212 g/mol. The molecule has 0 aromatic heterocycles. The second kappa shape index (κ2) is 5.85. The van der Waals surface area contributed by atoms with E-state index in [0.717, 1.165) is 37.9 Å². The van der Waals surface area contributed by atoms with E-state index in [-0.39, 0.29) is 11.8 Å². The van der Waals surface area contributed by atoms with Gasteiger partial charge in [-0.15, -0.1) is 0 Å². The standard InChI is InChI=1S/C14H26N2O/c1-2-11-3-5-13(6-4-11)16-9-7-12(8-10-16)14(15)17/h11-13H,2-10H2,1H3,(H2,15,17)/p+1. The third kappa shape index (κ3) is 3.21. The third-order valence-electron chi connectivity index (χ3n) is 5.03. The van der Waals surface area contributed by atoms with E-state index in [1.165, 1.54) is 32.1 Å². The van der Waals surface area contributed by atoms with E-state index in [0.29, 0.717) is 0 Å². The van der Waals surface area contributed by atoms with Gasteiger partial charge in [0.15, 0.2) is 0 Å². The smallest absolute Gasteiger partial charge is 0.220 e. The van der Waals surface area contributed by atoms with Gasteiger partial charge in [-0.1, -0.05) is 13.3 Å². The Kier molecular flexibility index (Phi) is 4.43. The van der Waals surface area contributed by atoms with Crippen LogP contribution in [0.25, 0.3) is 0 Å². The lowest BCUT2D eigenvalue weighted by atomic mass is 9.83. The highest BCUT2D eigenvalue weighted by atomic mass is 16.1. The number of likely N-dealkylation sites (tertiary alicyclic amines) is 1. The van der Waals surface area contributed by atoms with Gasteiger partial charge in [0, 0.05) is 18.8 Å². The molecule has 2 aliphatic rings. The van der Waals surface area contributed by atoms with Crippen LogP contribution in [0.15, 0.2) is 0 Å². The minimum Gasteiger partial charge on any atom is -0.369 e. The predicted molar refractivity (Wildman–Crippen MR) is 68.7 cm³/mol. The number of nitrogens with two attached hydrogens (primary N) is 1. The molecule has 3 nitrogen and oxygen atoms in total. The summed E-state index contributed by atoms with van der Waals surface area (Å²) in [5.41, 5.74) is 5.38. The second-order valence-corrected chi connectivity index (χ2v) is 5.96. The molecule has 0 radical (unpaired) electrons. The summed E-state index contributed by atoms with van der Waals surface area (Å²) in [6.07, 6.45) is 9.01. The first kappa shape index (κ1) is 12.9. The third-order valence-corrected chi connectivity index (χ3v) is 5.03. The molecule has 0 atom stereocenters. The Morgan fingerprint density at radius 3 is 2.18 bits per heavy atom. The first-order valence-corrected chi connectivity index (χ1v) is 7.34. The van der Waals surface area contributed by atoms with Gasteiger partial charge < -0.3 is 10.6 Å². The number of carbonyl (C=O) groups excluding carboxylic acids is 1. The Morgan fingerprint density at radius 1 is 1.12 bits per heavy atom. The molecule has 1 saturated heterocycles. The number of quaternary nitrogens is 1. The summed E-state index contributed by atoms with van der Waals surface area (Å²) in [6.45, 7) is 4.64. The molecule has 1 heterocycles. The van der Waals surface area contributed by atoms with Crippen LogP contribution in [0, 0.1) is 11.8 Å². The molecule has 1 saturated carbocycles. The maximum absolute atomic E-state index is 11.1. The summed E-state index contributed by atoms with van der Waals surface area (Å²) in [4.78, 5) is 12.9. The van der Waals surface area contributed by atoms with Crippen molar-refractivity contribution >= 4 is 5.91 Å². The van der Waals surface area contributed by atoms with E-state index in [2.05, 4.69) is 6.92 Å². The van der Waals surface area contributed by atoms with E-state index in [4.69, 9.17) is 5.73 Å². The molecule has 2 rings (SSSR count). The number of nitrogens with one attached hydrogen (secondary N) is 1. The van der Waals surface area contributed by atoms with Crippen molar-refractivity contribution in [3.8, 4) is 0 Å². The highest BCUT2D eigenvalue weighted by Gasteiger charge is 2.32. The van der Waals surface area contributed by atoms with E-state index in [1.54, 1.807) is 4.90 Å². The van der Waals surface area contributed by atoms with Crippen molar-refractivity contribution in [3.63, 3.8) is 0 Å². The molecule has 17 heavy (non-hydrogen) atoms. The van der Waals surface area contributed by atoms with Gasteiger partial charge in [0.25, 0.3) is 0 Å². The second-order valence-electron chi connectivity index (χ2n) is 5.96. The fraction of sp³-hybridized carbons (Fsp3) is 0.929. The van der Waals surface area contributed by atoms with E-state index >= 15 is 0 Å². The normalized spacial score (nSPS) is 38.9. The molecule has 98 valence electrons. The van der Waals surface area contributed by atoms with Crippen LogP contribution >= 0.6 is 0 Å². The van der Waals surface area contributed by atoms with E-state index in [9.17, 15) is 4.79 Å². The number of rotatable bonds is 3. The lowest BCUT2D eigenvalue weighted by molar-refractivity contribution is -0.932. The summed E-state index contributed by atoms with van der Waals surface area (Å²) in [5.74, 6) is 1.05. The molecule has 3 N–H and O–H groups in total. The fourth-order valence-electron chi connectivity index (χ4n) is 3.66. The lowest BCUT2D eigenvalue weighted by Crippen LogP contribution is -3.17. The number of carbonyl (C=O) groups is 1. The van der Waals surface area contributed by atoms with Gasteiger partial charge in [-0.05, 0) is 31.6 Å². The molecule has 1 aliphatic heterocycles. The zero-order chi connectivity index (χ0) is 12.3. The highest BCUT2D eigenvalue weighted by molar-refractivity contribution is 5.76. The Bertz CT molecular complexity index is 251. The largest absolute Gasteiger partial charge is 0.369 e. The van der Waals surface area contributed by atoms with Gasteiger partial charge in [-0.25, -0.2) is 0 Å². The molecule has 0 spiro atoms. The first-order chi connectivity index (χ1) is 8.20. The molecule has 3 heteroatoms. The Balaban J connectivity index is 1.76. The molecule has 2 fully saturated rings. The van der Waals surface area contributed by atoms with Gasteiger partial charge >= 0.3 is 0 Å². The van der Waals surface area contributed by atoms with Crippen LogP contribution in [0.1, 0.15) is 51.9 Å². The topological polar surface area (TPSA) is 47.5 Å². The Labute approximate surface area is 105 Å². The predicted octanol–water partition coefficient (Wildman–Crippen LogP) is 0.735. The van der Waals surface area contributed by atoms with Gasteiger partial charge in [-0.2, -0.15) is 0 Å². The molecule has 0 unspecified atom stereocenters. The fourth-order valence-corrected chi connectivity index (χ4v) is 3.66. The molecule has 0 bridgehead atoms. The van der Waals surface area contributed by atoms with Crippen molar-refractivity contribution < 1.29 is 9.69 Å². The van der Waals surface area contributed by atoms with Crippen molar-refractivity contribution in [2.45, 2.75) is 57.9 Å². The number of hydrogen-bond donors (Lipinski definition) is 2. The molecule has 0 aromatic carbocycles. The number of hydrogen-bond acceptors (Lipinski definition) is 1. The van der Waals surface area contributed by atoms with Gasteiger partial charge in [-0.3, -0.25) is 4.79 Å². The average Bonchev–Trinajstić information content (AvgIpc) is 2.39. The van der Waals surface area contributed by atoms with Gasteiger partial charge in [0.05, 0.1) is 19.1 Å². The minimum atomic E-state index is -0.0845. The van der Waals surface area contributed by atoms with Crippen LogP contribution < -0.4 is 10.6 Å². The summed E-state index contributed by atoms with van der Waals surface area (Å²) >= 11 is 0. The quantitative estimate of drug-likeness (QED) is 0.749. The molecule has 1 aliphatic carbocycles. The SMILES string of the molecule is CCC1CCC([NH+]2CCC(C(N)=O)CC2)CC1. The van der Waals surface area contributed by atoms with Crippen LogP contribution in [-0.2, 0) is 4.79 Å². The molecule has 0 aromatic rings. The van der Waals surface area contributed by atoms with Crippen molar-refractivity contribution in [2.75, 3.05) is 13.1 Å². The zero-order valence-electron chi connectivity index (χ0n) is 11.1. The maximum atomic E-state index is 11.1. The maximum Gasteiger partial charge on any atom is 0.220 e. The Hall–Kier alpha value is -0.570. The van der Waals surface area contributed by atoms with Crippen LogP contribution in [0.2, 0.25) is 0 Å². The van der Waals surface area contributed by atoms with Crippen LogP contribution in [0.3, 0.4) is 0 Å². The van der Waals surface area contributed by atoms with Crippen LogP contribution in [-0.4, -0.2) is 25.0 Å². The first-order valence-electron chi connectivity index (χ1n) is 7.34. The molecule has 1 amide bonds. The van der Waals surface area contributed by atoms with E-state index in [1.807, 2.05) is 0 Å². The summed E-state index contributed by atoms with van der Waals surface area (Å²) in [5, 5.41) is 0. The Morgan fingerprint density at radius 2 is 1.71 bits per heavy atom. The van der Waals surface area contributed by atoms with Crippen LogP contribution in [0.4, 0.5) is 0 Å². The minimum absolute atomic E-state index is 0.0845. The number of primary amides is 1. The van der Waals surface area contributed by atoms with Crippen molar-refractivity contribution in [1.29, 1.82) is 0 Å². The lowest BCUT2D eigenvalue weighted by Gasteiger charge is -2.37. The average molecular weight is 239 g/mol. The summed E-state index contributed by atoms with van der Waals surface area (Å²) in [6, 6.07) is 0.867. The van der Waals surface area contributed by atoms with Crippen molar-refractivity contribution in [3.05, 3.63) is 0 Å². The molecular formula is C14H27N2O+. The summed E-state index contributed by atoms with van der Waals surface area (Å²) in [7, 11) is 0. The van der Waals surface area contributed by atoms with Crippen molar-refractivity contribution in [1.82, 2.24) is 0 Å². The highest BCUT2D eigenvalue weighted by Crippen LogP contribution is 2.25. The number of amides is 1. The van der Waals surface area contributed by atoms with Gasteiger partial charge in [0.2, 0.25) is 5.91 Å². The van der Waals surface area contributed by atoms with E-state index < -0.39 is 0 Å². The van der Waals surface area contributed by atoms with Crippen molar-refractivity contribution in [2.24, 2.45) is 17.6 Å². The van der Waals surface area contributed by atoms with Crippen LogP contribution in [0.5, 0.6) is 0 Å². The van der Waals surface area contributed by atoms with Gasteiger partial charge in [0.1, 0.15) is 0 Å². The summed E-state index contributed by atoms with van der Waals surface area (Å²) < 4.78 is 0. The number of piperidine rings is 1. The monoisotopic (exact) mass is 239 g/mol. The zero-order valence-corrected chi connectivity index (χ0v) is 11.1.